The van der Waals surface area contributed by atoms with E-state index in [2.05, 4.69) is 10.2 Å². The monoisotopic (exact) mass is 677 g/mol. The first-order chi connectivity index (χ1) is 22.5. The molecule has 6 rings (SSSR count). The molecule has 2 aliphatic rings. The first kappa shape index (κ1) is 32.5. The van der Waals surface area contributed by atoms with Crippen molar-refractivity contribution in [2.75, 3.05) is 19.0 Å². The van der Waals surface area contributed by atoms with Crippen LogP contribution in [0.3, 0.4) is 0 Å². The van der Waals surface area contributed by atoms with Crippen molar-refractivity contribution < 1.29 is 19.4 Å². The van der Waals surface area contributed by atoms with Gasteiger partial charge >= 0.3 is 11.7 Å². The number of methoxy groups -OCH3 is 1. The molecule has 0 unspecified atom stereocenters. The molecule has 1 amide bonds. The molecule has 2 aromatic carbocycles. The number of hydrogen-bond acceptors (Lipinski definition) is 7. The van der Waals surface area contributed by atoms with Crippen LogP contribution in [0.4, 0.5) is 5.69 Å². The van der Waals surface area contributed by atoms with E-state index in [0.717, 1.165) is 45.9 Å². The summed E-state index contributed by atoms with van der Waals surface area (Å²) in [5.41, 5.74) is 3.13. The number of fused-ring (bicyclic) bond motifs is 1. The fourth-order valence-corrected chi connectivity index (χ4v) is 7.33. The number of halogens is 2. The zero-order valence-electron chi connectivity index (χ0n) is 26.0. The molecule has 13 heteroatoms. The Kier molecular flexibility index (Phi) is 8.97. The molecule has 2 aromatic heterocycles. The van der Waals surface area contributed by atoms with Crippen molar-refractivity contribution in [1.29, 1.82) is 0 Å². The number of nitrogens with zero attached hydrogens (tertiary/aromatic N) is 4. The number of ether oxygens (including phenoxy) is 1. The van der Waals surface area contributed by atoms with E-state index in [1.54, 1.807) is 25.3 Å². The van der Waals surface area contributed by atoms with Gasteiger partial charge in [-0.25, -0.2) is 9.78 Å². The van der Waals surface area contributed by atoms with E-state index in [1.165, 1.54) is 20.3 Å². The van der Waals surface area contributed by atoms with Crippen LogP contribution in [0.1, 0.15) is 53.2 Å². The Morgan fingerprint density at radius 3 is 2.43 bits per heavy atom. The fourth-order valence-electron chi connectivity index (χ4n) is 6.73. The first-order valence-electron chi connectivity index (χ1n) is 15.2. The van der Waals surface area contributed by atoms with Crippen molar-refractivity contribution in [3.63, 3.8) is 0 Å². The second-order valence-corrected chi connectivity index (χ2v) is 12.6. The Morgan fingerprint density at radius 2 is 1.70 bits per heavy atom. The number of aryl methyl sites for hydroxylation is 2. The molecule has 0 radical (unpaired) electrons. The highest BCUT2D eigenvalue weighted by atomic mass is 35.5. The number of amides is 1. The van der Waals surface area contributed by atoms with Crippen molar-refractivity contribution in [2.24, 2.45) is 14.1 Å². The number of carbonyl (C=O) groups excluding carboxylic acids is 1. The van der Waals surface area contributed by atoms with Crippen LogP contribution in [0.5, 0.6) is 5.88 Å². The van der Waals surface area contributed by atoms with Crippen molar-refractivity contribution in [3.8, 4) is 28.3 Å². The summed E-state index contributed by atoms with van der Waals surface area (Å²) in [5.74, 6) is -1.07. The zero-order valence-corrected chi connectivity index (χ0v) is 27.6. The molecule has 4 aromatic rings. The Morgan fingerprint density at radius 1 is 1.00 bits per heavy atom. The van der Waals surface area contributed by atoms with E-state index in [-0.39, 0.29) is 22.3 Å². The SMILES string of the molecule is COc1nc(-c2cccc(-c3cccc(NC(=O)c4cn(C)c(=O)n(C)c4=O)c3Cl)c2Cl)cc2c1[C@@H](N1CCCC[C@@H]1C(=O)O)CC2. The van der Waals surface area contributed by atoms with E-state index in [4.69, 9.17) is 32.9 Å². The third kappa shape index (κ3) is 5.83. The second-order valence-electron chi connectivity index (χ2n) is 11.8. The van der Waals surface area contributed by atoms with Gasteiger partial charge in [-0.3, -0.25) is 23.9 Å². The maximum Gasteiger partial charge on any atom is 0.330 e. The second kappa shape index (κ2) is 13.0. The highest BCUT2D eigenvalue weighted by molar-refractivity contribution is 6.39. The number of pyridine rings is 1. The first-order valence-corrected chi connectivity index (χ1v) is 16.0. The number of rotatable bonds is 7. The van der Waals surface area contributed by atoms with Crippen LogP contribution in [0.15, 0.2) is 58.3 Å². The summed E-state index contributed by atoms with van der Waals surface area (Å²) in [6.07, 6.45) is 5.17. The molecule has 0 saturated carbocycles. The van der Waals surface area contributed by atoms with E-state index < -0.39 is 29.2 Å². The number of carbonyl (C=O) groups is 2. The van der Waals surface area contributed by atoms with Crippen molar-refractivity contribution in [3.05, 3.63) is 96.2 Å². The van der Waals surface area contributed by atoms with E-state index in [1.807, 2.05) is 24.3 Å². The van der Waals surface area contributed by atoms with E-state index in [0.29, 0.717) is 46.3 Å². The largest absolute Gasteiger partial charge is 0.481 e. The van der Waals surface area contributed by atoms with E-state index >= 15 is 0 Å². The van der Waals surface area contributed by atoms with Gasteiger partial charge < -0.3 is 19.7 Å². The van der Waals surface area contributed by atoms with Crippen molar-refractivity contribution in [2.45, 2.75) is 44.2 Å². The molecule has 2 atom stereocenters. The van der Waals surface area contributed by atoms with Crippen molar-refractivity contribution in [1.82, 2.24) is 19.0 Å². The number of likely N-dealkylation sites (tertiary alicyclic amines) is 1. The van der Waals surface area contributed by atoms with Gasteiger partial charge in [-0.05, 0) is 49.9 Å². The number of carboxylic acids is 1. The minimum atomic E-state index is -0.802. The van der Waals surface area contributed by atoms with Crippen LogP contribution in [0.2, 0.25) is 10.0 Å². The molecular formula is C34H33Cl2N5O6. The molecule has 1 fully saturated rings. The lowest BCUT2D eigenvalue weighted by Crippen LogP contribution is -2.46. The standard InChI is InChI=1S/C34H33Cl2N5O6/c1-39-17-22(32(43)40(2)34(39)46)30(42)37-23-11-7-9-20(29(23)36)19-8-6-10-21(28(19)35)24-16-18-13-14-25(27(18)31(38-24)47-3)41-15-5-4-12-26(41)33(44)45/h6-11,16-17,25-26H,4-5,12-15H2,1-3H3,(H,37,42)(H,44,45)/t25-,26+/m0/s1. The summed E-state index contributed by atoms with van der Waals surface area (Å²) in [4.78, 5) is 56.8. The Balaban J connectivity index is 1.34. The molecule has 0 spiro atoms. The molecule has 244 valence electrons. The van der Waals surface area contributed by atoms with E-state index in [9.17, 15) is 24.3 Å². The van der Waals surface area contributed by atoms with Gasteiger partial charge in [0.05, 0.1) is 28.5 Å². The van der Waals surface area contributed by atoms with Crippen LogP contribution >= 0.6 is 23.2 Å². The van der Waals surface area contributed by atoms with Gasteiger partial charge in [0.1, 0.15) is 11.6 Å². The number of aliphatic carboxylic acids is 1. The van der Waals surface area contributed by atoms with Crippen LogP contribution < -0.4 is 21.3 Å². The third-order valence-corrected chi connectivity index (χ3v) is 9.87. The molecule has 0 bridgehead atoms. The number of anilines is 1. The van der Waals surface area contributed by atoms with Gasteiger partial charge in [0, 0.05) is 48.6 Å². The number of nitrogens with one attached hydrogen (secondary N) is 1. The van der Waals surface area contributed by atoms with Crippen LogP contribution in [0.25, 0.3) is 22.4 Å². The summed E-state index contributed by atoms with van der Waals surface area (Å²) in [6, 6.07) is 11.9. The Bertz CT molecular complexity index is 2040. The minimum absolute atomic E-state index is 0.0950. The fraction of sp³-hybridized carbons (Fsp3) is 0.324. The average Bonchev–Trinajstić information content (AvgIpc) is 3.50. The maximum absolute atomic E-state index is 13.1. The molecule has 11 nitrogen and oxygen atoms in total. The molecule has 2 N–H and O–H groups in total. The topological polar surface area (TPSA) is 136 Å². The molecule has 1 saturated heterocycles. The number of hydrogen-bond donors (Lipinski definition) is 2. The number of aromatic nitrogens is 3. The summed E-state index contributed by atoms with van der Waals surface area (Å²) < 4.78 is 7.81. The van der Waals surface area contributed by atoms with Gasteiger partial charge in [0.25, 0.3) is 11.5 Å². The van der Waals surface area contributed by atoms with Crippen molar-refractivity contribution >= 4 is 40.8 Å². The lowest BCUT2D eigenvalue weighted by atomic mass is 9.96. The van der Waals surface area contributed by atoms with Gasteiger partial charge in [-0.15, -0.1) is 0 Å². The van der Waals surface area contributed by atoms with Crippen LogP contribution in [-0.4, -0.2) is 55.7 Å². The number of carboxylic acid groups (broad SMARTS) is 1. The molecule has 1 aliphatic carbocycles. The smallest absolute Gasteiger partial charge is 0.330 e. The highest BCUT2D eigenvalue weighted by Gasteiger charge is 2.39. The van der Waals surface area contributed by atoms with Crippen LogP contribution in [-0.2, 0) is 25.3 Å². The lowest BCUT2D eigenvalue weighted by molar-refractivity contribution is -0.146. The predicted molar refractivity (Wildman–Crippen MR) is 180 cm³/mol. The minimum Gasteiger partial charge on any atom is -0.481 e. The molecule has 3 heterocycles. The van der Waals surface area contributed by atoms with Gasteiger partial charge in [0.15, 0.2) is 0 Å². The molecule has 47 heavy (non-hydrogen) atoms. The predicted octanol–water partition coefficient (Wildman–Crippen LogP) is 5.31. The van der Waals surface area contributed by atoms with Gasteiger partial charge in [0.2, 0.25) is 5.88 Å². The lowest BCUT2D eigenvalue weighted by Gasteiger charge is -2.38. The summed E-state index contributed by atoms with van der Waals surface area (Å²) in [7, 11) is 4.32. The number of piperidine rings is 1. The zero-order chi connectivity index (χ0) is 33.6. The Labute approximate surface area is 280 Å². The quantitative estimate of drug-likeness (QED) is 0.269. The number of benzene rings is 2. The maximum atomic E-state index is 13.1. The third-order valence-electron chi connectivity index (χ3n) is 9.06. The summed E-state index contributed by atoms with van der Waals surface area (Å²) in [5, 5.41) is 13.2. The normalized spacial score (nSPS) is 17.7. The van der Waals surface area contributed by atoms with Gasteiger partial charge in [-0.1, -0.05) is 60.0 Å². The molecular weight excluding hydrogens is 645 g/mol. The average molecular weight is 679 g/mol. The van der Waals surface area contributed by atoms with Crippen LogP contribution in [0, 0.1) is 0 Å². The molecule has 1 aliphatic heterocycles. The Hall–Kier alpha value is -4.45. The highest BCUT2D eigenvalue weighted by Crippen LogP contribution is 2.46. The summed E-state index contributed by atoms with van der Waals surface area (Å²) in [6.45, 7) is 0.710. The summed E-state index contributed by atoms with van der Waals surface area (Å²) >= 11 is 13.9. The van der Waals surface area contributed by atoms with Gasteiger partial charge in [-0.2, -0.15) is 0 Å².